The molecule has 4 rings (SSSR count). The third-order valence-electron chi connectivity index (χ3n) is 5.29. The second-order valence-electron chi connectivity index (χ2n) is 7.72. The van der Waals surface area contributed by atoms with Gasteiger partial charge in [-0.05, 0) is 35.8 Å². The molecule has 1 heterocycles. The van der Waals surface area contributed by atoms with Crippen LogP contribution in [0.1, 0.15) is 23.6 Å². The van der Waals surface area contributed by atoms with Gasteiger partial charge in [-0.3, -0.25) is 6.42 Å². The van der Waals surface area contributed by atoms with Gasteiger partial charge in [-0.2, -0.15) is 0 Å². The van der Waals surface area contributed by atoms with E-state index in [4.69, 9.17) is 18.9 Å². The normalized spacial score (nSPS) is 22.8. The Hall–Kier alpha value is -1.98. The number of hydrogen-bond donors (Lipinski definition) is 0. The van der Waals surface area contributed by atoms with Gasteiger partial charge in [0.05, 0.1) is 25.9 Å². The molecule has 1 saturated heterocycles. The summed E-state index contributed by atoms with van der Waals surface area (Å²) in [7, 11) is 0. The summed E-state index contributed by atoms with van der Waals surface area (Å²) in [5, 5.41) is 0. The van der Waals surface area contributed by atoms with Crippen molar-refractivity contribution in [1.82, 2.24) is 0 Å². The summed E-state index contributed by atoms with van der Waals surface area (Å²) in [5.74, 6) is 0. The second kappa shape index (κ2) is 12.9. The average molecular weight is 472 g/mol. The Labute approximate surface area is 201 Å². The summed E-state index contributed by atoms with van der Waals surface area (Å²) < 4.78 is 24.7. The summed E-state index contributed by atoms with van der Waals surface area (Å²) in [5.41, 5.74) is 3.34. The molecule has 4 nitrogen and oxygen atoms in total. The van der Waals surface area contributed by atoms with Gasteiger partial charge in [0.1, 0.15) is 0 Å². The van der Waals surface area contributed by atoms with Crippen molar-refractivity contribution >= 4 is 0 Å². The molecule has 0 saturated carbocycles. The van der Waals surface area contributed by atoms with E-state index < -0.39 is 6.29 Å². The Kier molecular flexibility index (Phi) is 9.94. The molecule has 0 N–H and O–H groups in total. The zero-order valence-electron chi connectivity index (χ0n) is 18.2. The summed E-state index contributed by atoms with van der Waals surface area (Å²) in [6.07, 6.45) is 0.936. The Bertz CT molecular complexity index is 891. The van der Waals surface area contributed by atoms with Gasteiger partial charge in [-0.15, -0.1) is 0 Å². The quantitative estimate of drug-likeness (QED) is 0.312. The fourth-order valence-corrected chi connectivity index (χ4v) is 3.55. The average Bonchev–Trinajstić information content (AvgIpc) is 2.83. The van der Waals surface area contributed by atoms with Crippen LogP contribution in [-0.2, 0) is 55.8 Å². The second-order valence-corrected chi connectivity index (χ2v) is 7.72. The van der Waals surface area contributed by atoms with Crippen molar-refractivity contribution in [2.45, 2.75) is 51.3 Å². The molecule has 2 unspecified atom stereocenters. The van der Waals surface area contributed by atoms with Crippen molar-refractivity contribution in [1.29, 1.82) is 0 Å². The predicted octanol–water partition coefficient (Wildman–Crippen LogP) is 5.32. The van der Waals surface area contributed by atoms with Crippen LogP contribution in [0.5, 0.6) is 0 Å². The summed E-state index contributed by atoms with van der Waals surface area (Å²) in [4.78, 5) is 0. The van der Waals surface area contributed by atoms with Gasteiger partial charge in [0.2, 0.25) is 0 Å². The summed E-state index contributed by atoms with van der Waals surface area (Å²) in [6.45, 7) is 3.48. The third kappa shape index (κ3) is 7.28. The molecule has 0 aromatic heterocycles. The molecule has 4 atom stereocenters. The molecule has 1 aliphatic heterocycles. The van der Waals surface area contributed by atoms with Crippen LogP contribution in [0.3, 0.4) is 0 Å². The molecule has 3 aromatic carbocycles. The third-order valence-corrected chi connectivity index (χ3v) is 5.29. The van der Waals surface area contributed by atoms with Crippen molar-refractivity contribution in [2.24, 2.45) is 0 Å². The van der Waals surface area contributed by atoms with E-state index in [2.05, 4.69) is 30.7 Å². The maximum atomic E-state index is 6.22. The first-order valence-corrected chi connectivity index (χ1v) is 10.7. The van der Waals surface area contributed by atoms with Gasteiger partial charge in [0.25, 0.3) is 0 Å². The molecule has 169 valence electrons. The minimum atomic E-state index is -0.490. The SMILES string of the molecule is CC1O[C@@H](OCc2ccccc2)C(OCc2ccccc2)[CH-][C@H]1OCc1ccccc1.[Mn]. The van der Waals surface area contributed by atoms with E-state index in [1.807, 2.05) is 73.7 Å². The van der Waals surface area contributed by atoms with Crippen LogP contribution >= 0.6 is 0 Å². The fraction of sp³-hybridized carbons (Fsp3) is 0.296. The van der Waals surface area contributed by atoms with Gasteiger partial charge in [-0.25, -0.2) is 0 Å². The van der Waals surface area contributed by atoms with Gasteiger partial charge < -0.3 is 18.9 Å². The number of benzene rings is 3. The van der Waals surface area contributed by atoms with Crippen LogP contribution in [0.4, 0.5) is 0 Å². The van der Waals surface area contributed by atoms with Crippen molar-refractivity contribution in [3.8, 4) is 0 Å². The predicted molar refractivity (Wildman–Crippen MR) is 120 cm³/mol. The van der Waals surface area contributed by atoms with Crippen molar-refractivity contribution in [3.05, 3.63) is 114 Å². The van der Waals surface area contributed by atoms with Crippen LogP contribution in [0.2, 0.25) is 0 Å². The van der Waals surface area contributed by atoms with Crippen molar-refractivity contribution in [2.75, 3.05) is 0 Å². The molecular formula is C27H29MnO4-. The first-order valence-electron chi connectivity index (χ1n) is 10.7. The first-order chi connectivity index (χ1) is 15.3. The fourth-order valence-electron chi connectivity index (χ4n) is 3.55. The van der Waals surface area contributed by atoms with E-state index in [9.17, 15) is 0 Å². The largest absolute Gasteiger partial charge is 0.403 e. The Morgan fingerprint density at radius 3 is 1.50 bits per heavy atom. The van der Waals surface area contributed by atoms with E-state index in [0.29, 0.717) is 19.8 Å². The molecule has 3 aromatic rings. The zero-order chi connectivity index (χ0) is 21.3. The smallest absolute Gasteiger partial charge is 0.156 e. The molecule has 1 aliphatic rings. The van der Waals surface area contributed by atoms with E-state index in [-0.39, 0.29) is 35.4 Å². The van der Waals surface area contributed by atoms with Crippen molar-refractivity contribution < 1.29 is 36.0 Å². The van der Waals surface area contributed by atoms with Gasteiger partial charge >= 0.3 is 0 Å². The maximum Gasteiger partial charge on any atom is 0.156 e. The molecule has 32 heavy (non-hydrogen) atoms. The zero-order valence-corrected chi connectivity index (χ0v) is 19.4. The van der Waals surface area contributed by atoms with Crippen LogP contribution in [0.15, 0.2) is 91.0 Å². The van der Waals surface area contributed by atoms with E-state index in [1.165, 1.54) is 0 Å². The minimum Gasteiger partial charge on any atom is -0.403 e. The Morgan fingerprint density at radius 1 is 0.625 bits per heavy atom. The molecule has 5 heteroatoms. The molecular weight excluding hydrogens is 443 g/mol. The summed E-state index contributed by atoms with van der Waals surface area (Å²) in [6, 6.07) is 30.4. The molecule has 0 bridgehead atoms. The van der Waals surface area contributed by atoms with Crippen LogP contribution in [0.25, 0.3) is 0 Å². The van der Waals surface area contributed by atoms with Gasteiger partial charge in [0.15, 0.2) is 6.29 Å². The molecule has 1 fully saturated rings. The topological polar surface area (TPSA) is 36.9 Å². The molecule has 0 spiro atoms. The Morgan fingerprint density at radius 2 is 1.03 bits per heavy atom. The first kappa shape index (κ1) is 24.7. The summed E-state index contributed by atoms with van der Waals surface area (Å²) >= 11 is 0. The van der Waals surface area contributed by atoms with E-state index in [0.717, 1.165) is 16.7 Å². The van der Waals surface area contributed by atoms with E-state index in [1.54, 1.807) is 0 Å². The van der Waals surface area contributed by atoms with Crippen molar-refractivity contribution in [3.63, 3.8) is 0 Å². The number of hydrogen-bond acceptors (Lipinski definition) is 4. The van der Waals surface area contributed by atoms with Crippen LogP contribution in [-0.4, -0.2) is 24.6 Å². The minimum absolute atomic E-state index is 0. The number of rotatable bonds is 9. The number of ether oxygens (including phenoxy) is 4. The molecule has 0 amide bonds. The van der Waals surface area contributed by atoms with Crippen LogP contribution in [0, 0.1) is 6.42 Å². The van der Waals surface area contributed by atoms with Gasteiger partial charge in [0, 0.05) is 17.1 Å². The van der Waals surface area contributed by atoms with Gasteiger partial charge in [-0.1, -0.05) is 91.0 Å². The standard InChI is InChI=1S/C27H29O4.Mn/c1-21-25(28-18-22-11-5-2-6-12-22)17-26(29-19-23-13-7-3-8-14-23)27(31-21)30-20-24-15-9-4-10-16-24;/h2-17,21,25-27H,18-20H2,1H3;/q-1;/t21?,25-,26?,27-;/m1./s1. The monoisotopic (exact) mass is 472 g/mol. The maximum absolute atomic E-state index is 6.22. The Balaban J connectivity index is 0.00000289. The van der Waals surface area contributed by atoms with Crippen LogP contribution < -0.4 is 0 Å². The van der Waals surface area contributed by atoms with E-state index >= 15 is 0 Å². The molecule has 1 radical (unpaired) electrons. The molecule has 0 aliphatic carbocycles.